The van der Waals surface area contributed by atoms with Gasteiger partial charge in [-0.25, -0.2) is 9.59 Å². The molecule has 4 rings (SSSR count). The molecule has 1 aromatic heterocycles. The van der Waals surface area contributed by atoms with E-state index in [1.165, 1.54) is 0 Å². The van der Waals surface area contributed by atoms with Gasteiger partial charge in [-0.3, -0.25) is 9.59 Å². The van der Waals surface area contributed by atoms with Gasteiger partial charge in [0.2, 0.25) is 5.91 Å². The zero-order valence-corrected chi connectivity index (χ0v) is 60.0. The number of nitrogens with zero attached hydrogens (tertiary/aromatic N) is 2. The second kappa shape index (κ2) is 28.7. The Labute approximate surface area is 512 Å². The number of carboxylic acids is 1. The monoisotopic (exact) mass is 1190 g/mol. The summed E-state index contributed by atoms with van der Waals surface area (Å²) in [7, 11) is 0. The van der Waals surface area contributed by atoms with Crippen molar-refractivity contribution in [1.29, 1.82) is 0 Å². The third kappa shape index (κ3) is 17.1. The first-order valence-corrected chi connectivity index (χ1v) is 31.5. The minimum absolute atomic E-state index is 0. The number of amides is 2. The topological polar surface area (TPSA) is 181 Å². The van der Waals surface area contributed by atoms with E-state index < -0.39 is 34.2 Å². The molecule has 3 aliphatic rings. The van der Waals surface area contributed by atoms with E-state index in [9.17, 15) is 19.5 Å². The molecule has 2 heterocycles. The van der Waals surface area contributed by atoms with Crippen molar-refractivity contribution < 1.29 is 58.0 Å². The van der Waals surface area contributed by atoms with Crippen molar-refractivity contribution >= 4 is 47.5 Å². The van der Waals surface area contributed by atoms with Gasteiger partial charge in [-0.1, -0.05) is 187 Å². The van der Waals surface area contributed by atoms with E-state index in [1.807, 2.05) is 82.2 Å². The van der Waals surface area contributed by atoms with Crippen LogP contribution in [0.15, 0.2) is 21.8 Å². The summed E-state index contributed by atoms with van der Waals surface area (Å²) in [6.07, 6.45) is 9.18. The van der Waals surface area contributed by atoms with Crippen molar-refractivity contribution in [1.82, 2.24) is 4.98 Å². The van der Waals surface area contributed by atoms with E-state index in [4.69, 9.17) is 19.8 Å². The Morgan fingerprint density at radius 1 is 0.610 bits per heavy atom. The fourth-order valence-corrected chi connectivity index (χ4v) is 13.3. The number of carbonyl (C=O) groups excluding carboxylic acids is 5. The van der Waals surface area contributed by atoms with Crippen molar-refractivity contribution in [3.63, 3.8) is 0 Å². The van der Waals surface area contributed by atoms with Crippen LogP contribution in [0.3, 0.4) is 0 Å². The van der Waals surface area contributed by atoms with Crippen LogP contribution in [0.5, 0.6) is 0 Å². The molecule has 0 saturated heterocycles. The maximum atomic E-state index is 15.5. The number of nitrogens with one attached hydrogen (secondary N) is 2. The first kappa shape index (κ1) is 74.5. The molecule has 0 spiro atoms. The van der Waals surface area contributed by atoms with Gasteiger partial charge < -0.3 is 40.0 Å². The number of hydrogen-bond acceptors (Lipinski definition) is 8. The average molecular weight is 1200 g/mol. The van der Waals surface area contributed by atoms with Gasteiger partial charge in [-0.05, 0) is 145 Å². The van der Waals surface area contributed by atoms with Crippen molar-refractivity contribution in [3.8, 4) is 0 Å². The summed E-state index contributed by atoms with van der Waals surface area (Å²) in [5.74, 6) is -1.23. The van der Waals surface area contributed by atoms with Gasteiger partial charge in [0.25, 0.3) is 0 Å². The van der Waals surface area contributed by atoms with Crippen LogP contribution >= 0.6 is 0 Å². The molecule has 2 N–H and O–H groups in total. The van der Waals surface area contributed by atoms with Gasteiger partial charge >= 0.3 is 31.4 Å². The van der Waals surface area contributed by atoms with Crippen molar-refractivity contribution in [2.45, 2.75) is 276 Å². The number of rotatable bonds is 18. The third-order valence-electron chi connectivity index (χ3n) is 19.9. The van der Waals surface area contributed by atoms with Gasteiger partial charge in [-0.15, -0.1) is 0 Å². The zero-order chi connectivity index (χ0) is 62.5. The fraction of sp³-hybridized carbons (Fsp3) is 0.797. The van der Waals surface area contributed by atoms with Crippen LogP contribution in [-0.4, -0.2) is 52.7 Å². The summed E-state index contributed by atoms with van der Waals surface area (Å²) in [6.45, 7) is 57.0. The first-order valence-electron chi connectivity index (χ1n) is 31.5. The van der Waals surface area contributed by atoms with E-state index in [1.54, 1.807) is 13.8 Å². The van der Waals surface area contributed by atoms with Gasteiger partial charge in [-0.2, -0.15) is 0 Å². The zero-order valence-electron chi connectivity index (χ0n) is 57.0. The summed E-state index contributed by atoms with van der Waals surface area (Å²) in [6, 6.07) is 0. The second-order valence-corrected chi connectivity index (χ2v) is 30.6. The summed E-state index contributed by atoms with van der Waals surface area (Å²) >= 11 is 0. The van der Waals surface area contributed by atoms with Gasteiger partial charge in [0.05, 0.1) is 5.57 Å². The molecular formula is C69H116N4O8Zn. The van der Waals surface area contributed by atoms with E-state index in [0.29, 0.717) is 84.9 Å². The van der Waals surface area contributed by atoms with E-state index in [-0.39, 0.29) is 118 Å². The number of H-pyrrole nitrogens is 1. The summed E-state index contributed by atoms with van der Waals surface area (Å²) in [5, 5.41) is 18.6. The first-order chi connectivity index (χ1) is 37.0. The van der Waals surface area contributed by atoms with Crippen LogP contribution in [0, 0.1) is 79.3 Å². The molecule has 1 aliphatic heterocycles. The predicted octanol–water partition coefficient (Wildman–Crippen LogP) is 17.2. The van der Waals surface area contributed by atoms with Crippen LogP contribution in [0.4, 0.5) is 5.82 Å². The Morgan fingerprint density at radius 2 is 0.988 bits per heavy atom. The number of hydrogen-bond donors (Lipinski definition) is 2. The molecule has 1 aromatic rings. The van der Waals surface area contributed by atoms with Crippen LogP contribution < -0.4 is 10.4 Å². The Morgan fingerprint density at radius 3 is 1.29 bits per heavy atom. The maximum absolute atomic E-state index is 15.5. The Bertz CT molecular complexity index is 2390. The second-order valence-electron chi connectivity index (χ2n) is 30.6. The molecule has 0 radical (unpaired) electrons. The standard InChI is InChI=1S/C63H106N4O6.C6H12O2.Zn/c1-25-62(26-2,27-3)56(70)66-52-48(54(68)72-50-40(58(13,14)15)31-38(11)32-41(50)59(16,17)18)46(36(7)8)44(64-52)35-45-47(37(9)10)49(53(65-45)67-57(71)63(28-4,29-5)30-6)55(69)73-51-42(60(19,20)21)33-39(12)34-43(51)61(22,23)24;1-4-6(2,3)5(7)8;/h35-43,50-51H,25-34H2,1-24H3,(H3,64,65,66,67,68,69,70,71);4H2,1-3H3,(H,7,8);/q;;+2/p-2. The van der Waals surface area contributed by atoms with Crippen molar-refractivity contribution in [3.05, 3.63) is 39.0 Å². The number of allylic oxidation sites excluding steroid dienone is 1. The molecule has 12 nitrogen and oxygen atoms in total. The number of aromatic nitrogens is 1. The number of aliphatic carboxylic acids is 1. The minimum Gasteiger partial charge on any atom is -0.550 e. The molecule has 2 saturated carbocycles. The van der Waals surface area contributed by atoms with Crippen LogP contribution in [0.2, 0.25) is 0 Å². The number of aromatic amines is 1. The Hall–Kier alpha value is -3.60. The number of carbonyl (C=O) groups is 5. The normalized spacial score (nSPS) is 24.2. The molecule has 2 fully saturated rings. The fourth-order valence-electron chi connectivity index (χ4n) is 13.3. The SMILES string of the molecule is CCC(C)(C)C(=O)[O-].CCC(CC)(CC)C(=O)N=C1[N-]/C(=C\c2[nH]c(NC(=O)C(CC)(CC)CC)c(C(=O)OC3C(C(C)(C)C)CC(C)CC3C(C)(C)C)c2C(C)C)C(C(C)C)=C1C(=O)OC1C(C(C)(C)C)CC(C)CC1C(C)(C)C.[Zn+2]. The largest absolute Gasteiger partial charge is 2.00 e. The molecule has 4 atom stereocenters. The Kier molecular flexibility index (Phi) is 26.1. The number of ether oxygens (including phenoxy) is 2. The molecule has 13 heteroatoms. The number of esters is 2. The van der Waals surface area contributed by atoms with Crippen LogP contribution in [0.1, 0.15) is 285 Å². The smallest absolute Gasteiger partial charge is 0.550 e. The van der Waals surface area contributed by atoms with Crippen molar-refractivity contribution in [2.24, 2.45) is 84.3 Å². The van der Waals surface area contributed by atoms with Gasteiger partial charge in [0, 0.05) is 51.6 Å². The predicted molar refractivity (Wildman–Crippen MR) is 333 cm³/mol. The molecular weight excluding hydrogens is 1080 g/mol. The van der Waals surface area contributed by atoms with E-state index in [0.717, 1.165) is 25.7 Å². The number of carboxylic acid groups (broad SMARTS) is 1. The number of anilines is 1. The van der Waals surface area contributed by atoms with E-state index >= 15 is 9.59 Å². The molecule has 462 valence electrons. The van der Waals surface area contributed by atoms with Gasteiger partial charge in [0.15, 0.2) is 5.91 Å². The molecule has 2 aliphatic carbocycles. The van der Waals surface area contributed by atoms with Crippen molar-refractivity contribution in [2.75, 3.05) is 5.32 Å². The molecule has 2 amide bonds. The third-order valence-corrected chi connectivity index (χ3v) is 19.9. The quantitative estimate of drug-likeness (QED) is 0.108. The number of amidine groups is 1. The molecule has 0 aromatic carbocycles. The summed E-state index contributed by atoms with van der Waals surface area (Å²) in [4.78, 5) is 78.6. The summed E-state index contributed by atoms with van der Waals surface area (Å²) < 4.78 is 13.9. The number of aliphatic imine (C=N–C) groups is 1. The van der Waals surface area contributed by atoms with Gasteiger partial charge in [0.1, 0.15) is 23.6 Å². The Balaban J connectivity index is 0.00000236. The average Bonchev–Trinajstić information content (AvgIpc) is 4.03. The summed E-state index contributed by atoms with van der Waals surface area (Å²) in [5.41, 5.74) is 0.232. The minimum atomic E-state index is -0.972. The molecule has 0 bridgehead atoms. The molecule has 4 unspecified atom stereocenters. The maximum Gasteiger partial charge on any atom is 2.00 e. The van der Waals surface area contributed by atoms with Crippen LogP contribution in [-0.2, 0) is 48.1 Å². The molecule has 82 heavy (non-hydrogen) atoms. The van der Waals surface area contributed by atoms with Crippen LogP contribution in [0.25, 0.3) is 11.4 Å². The van der Waals surface area contributed by atoms with E-state index in [2.05, 4.69) is 107 Å².